The Labute approximate surface area is 165 Å². The highest BCUT2D eigenvalue weighted by Crippen LogP contribution is 2.18. The molecule has 1 N–H and O–H groups in total. The molecular formula is C21H28N4O3. The number of aryl methyl sites for hydroxylation is 3. The Morgan fingerprint density at radius 1 is 1.11 bits per heavy atom. The predicted molar refractivity (Wildman–Crippen MR) is 107 cm³/mol. The number of hydrogen-bond donors (Lipinski definition) is 1. The second kappa shape index (κ2) is 8.56. The number of nitrogens with one attached hydrogen (secondary N) is 1. The van der Waals surface area contributed by atoms with Crippen molar-refractivity contribution in [2.75, 3.05) is 38.0 Å². The summed E-state index contributed by atoms with van der Waals surface area (Å²) >= 11 is 0. The van der Waals surface area contributed by atoms with Gasteiger partial charge in [-0.3, -0.25) is 14.5 Å². The molecule has 0 spiro atoms. The summed E-state index contributed by atoms with van der Waals surface area (Å²) in [6, 6.07) is 5.90. The molecule has 1 fully saturated rings. The third-order valence-electron chi connectivity index (χ3n) is 5.48. The molecule has 0 atom stereocenters. The lowest BCUT2D eigenvalue weighted by Crippen LogP contribution is -2.50. The molecule has 7 nitrogen and oxygen atoms in total. The molecule has 2 amide bonds. The van der Waals surface area contributed by atoms with Crippen LogP contribution in [0.15, 0.2) is 22.7 Å². The van der Waals surface area contributed by atoms with Crippen molar-refractivity contribution < 1.29 is 14.1 Å². The highest BCUT2D eigenvalue weighted by molar-refractivity contribution is 5.93. The molecule has 0 radical (unpaired) electrons. The molecule has 0 bridgehead atoms. The lowest BCUT2D eigenvalue weighted by Gasteiger charge is -2.34. The van der Waals surface area contributed by atoms with Gasteiger partial charge in [0, 0.05) is 37.4 Å². The molecule has 1 aliphatic heterocycles. The van der Waals surface area contributed by atoms with Crippen LogP contribution in [-0.4, -0.2) is 59.5 Å². The van der Waals surface area contributed by atoms with Gasteiger partial charge in [-0.15, -0.1) is 0 Å². The number of carbonyl (C=O) groups is 2. The van der Waals surface area contributed by atoms with Crippen LogP contribution in [-0.2, 0) is 16.0 Å². The topological polar surface area (TPSA) is 78.7 Å². The van der Waals surface area contributed by atoms with Gasteiger partial charge in [-0.25, -0.2) is 0 Å². The second-order valence-electron chi connectivity index (χ2n) is 7.43. The van der Waals surface area contributed by atoms with E-state index in [1.165, 1.54) is 0 Å². The zero-order valence-electron chi connectivity index (χ0n) is 17.0. The highest BCUT2D eigenvalue weighted by atomic mass is 16.5. The minimum Gasteiger partial charge on any atom is -0.361 e. The zero-order chi connectivity index (χ0) is 20.3. The average molecular weight is 384 g/mol. The molecule has 0 unspecified atom stereocenters. The van der Waals surface area contributed by atoms with Crippen LogP contribution in [0.4, 0.5) is 5.69 Å². The molecule has 0 aliphatic carbocycles. The number of rotatable bonds is 5. The third-order valence-corrected chi connectivity index (χ3v) is 5.48. The first kappa shape index (κ1) is 20.1. The van der Waals surface area contributed by atoms with Gasteiger partial charge in [0.2, 0.25) is 11.8 Å². The Kier molecular flexibility index (Phi) is 6.14. The lowest BCUT2D eigenvalue weighted by atomic mass is 10.1. The van der Waals surface area contributed by atoms with Crippen molar-refractivity contribution in [3.63, 3.8) is 0 Å². The first-order chi connectivity index (χ1) is 13.3. The first-order valence-corrected chi connectivity index (χ1v) is 9.63. The van der Waals surface area contributed by atoms with Gasteiger partial charge < -0.3 is 14.7 Å². The minimum absolute atomic E-state index is 0.0239. The molecule has 150 valence electrons. The van der Waals surface area contributed by atoms with E-state index in [1.54, 1.807) is 0 Å². The number of nitrogens with zero attached hydrogens (tertiary/aromatic N) is 3. The summed E-state index contributed by atoms with van der Waals surface area (Å²) < 4.78 is 5.14. The Hall–Kier alpha value is -2.67. The highest BCUT2D eigenvalue weighted by Gasteiger charge is 2.24. The van der Waals surface area contributed by atoms with E-state index in [0.717, 1.165) is 28.1 Å². The molecule has 0 saturated carbocycles. The number of benzene rings is 1. The predicted octanol–water partition coefficient (Wildman–Crippen LogP) is 2.23. The number of hydrogen-bond acceptors (Lipinski definition) is 5. The van der Waals surface area contributed by atoms with Crippen LogP contribution in [0.3, 0.4) is 0 Å². The monoisotopic (exact) mass is 384 g/mol. The van der Waals surface area contributed by atoms with Crippen molar-refractivity contribution in [2.45, 2.75) is 34.1 Å². The quantitative estimate of drug-likeness (QED) is 0.855. The number of anilines is 1. The van der Waals surface area contributed by atoms with E-state index in [9.17, 15) is 9.59 Å². The third kappa shape index (κ3) is 4.59. The van der Waals surface area contributed by atoms with Gasteiger partial charge in [0.25, 0.3) is 0 Å². The Morgan fingerprint density at radius 3 is 2.46 bits per heavy atom. The molecule has 2 heterocycles. The van der Waals surface area contributed by atoms with Gasteiger partial charge in [-0.05, 0) is 44.9 Å². The maximum absolute atomic E-state index is 12.6. The molecule has 1 saturated heterocycles. The number of aromatic nitrogens is 1. The minimum atomic E-state index is -0.0239. The van der Waals surface area contributed by atoms with Crippen molar-refractivity contribution >= 4 is 17.5 Å². The van der Waals surface area contributed by atoms with Crippen LogP contribution in [0, 0.1) is 27.7 Å². The largest absolute Gasteiger partial charge is 0.361 e. The molecule has 1 aromatic heterocycles. The maximum Gasteiger partial charge on any atom is 0.238 e. The molecule has 1 aliphatic rings. The second-order valence-corrected chi connectivity index (χ2v) is 7.43. The van der Waals surface area contributed by atoms with Crippen molar-refractivity contribution in [3.05, 3.63) is 46.3 Å². The van der Waals surface area contributed by atoms with Crippen molar-refractivity contribution in [1.29, 1.82) is 0 Å². The van der Waals surface area contributed by atoms with Gasteiger partial charge in [0.1, 0.15) is 5.76 Å². The Morgan fingerprint density at radius 2 is 1.82 bits per heavy atom. The summed E-state index contributed by atoms with van der Waals surface area (Å²) in [6.07, 6.45) is 0.314. The summed E-state index contributed by atoms with van der Waals surface area (Å²) in [7, 11) is 0. The number of amides is 2. The normalized spacial score (nSPS) is 14.9. The molecule has 28 heavy (non-hydrogen) atoms. The summed E-state index contributed by atoms with van der Waals surface area (Å²) in [5, 5.41) is 6.90. The fourth-order valence-corrected chi connectivity index (χ4v) is 3.45. The number of carbonyl (C=O) groups excluding carboxylic acids is 2. The fourth-order valence-electron chi connectivity index (χ4n) is 3.45. The maximum atomic E-state index is 12.6. The van der Waals surface area contributed by atoms with E-state index in [0.29, 0.717) is 44.9 Å². The summed E-state index contributed by atoms with van der Waals surface area (Å²) in [6.45, 7) is 10.7. The van der Waals surface area contributed by atoms with E-state index < -0.39 is 0 Å². The summed E-state index contributed by atoms with van der Waals surface area (Å²) in [5.41, 5.74) is 4.75. The van der Waals surface area contributed by atoms with Crippen molar-refractivity contribution in [1.82, 2.24) is 15.0 Å². The van der Waals surface area contributed by atoms with Crippen molar-refractivity contribution in [2.24, 2.45) is 0 Å². The van der Waals surface area contributed by atoms with Crippen LogP contribution >= 0.6 is 0 Å². The van der Waals surface area contributed by atoms with E-state index in [-0.39, 0.29) is 11.8 Å². The SMILES string of the molecule is Cc1cccc(NC(=O)CN2CCN(C(=O)Cc3c(C)noc3C)CC2)c1C. The standard InChI is InChI=1S/C21H28N4O3/c1-14-6-5-7-19(15(14)2)22-20(26)13-24-8-10-25(11-9-24)21(27)12-18-16(3)23-28-17(18)4/h5-7H,8-13H2,1-4H3,(H,22,26). The van der Waals surface area contributed by atoms with Crippen LogP contribution in [0.2, 0.25) is 0 Å². The van der Waals surface area contributed by atoms with Gasteiger partial charge in [-0.1, -0.05) is 17.3 Å². The van der Waals surface area contributed by atoms with Gasteiger partial charge in [0.15, 0.2) is 0 Å². The fraction of sp³-hybridized carbons (Fsp3) is 0.476. The zero-order valence-corrected chi connectivity index (χ0v) is 17.0. The van der Waals surface area contributed by atoms with E-state index in [1.807, 2.05) is 50.8 Å². The average Bonchev–Trinajstić information content (AvgIpc) is 2.98. The smallest absolute Gasteiger partial charge is 0.238 e. The van der Waals surface area contributed by atoms with Crippen LogP contribution in [0.5, 0.6) is 0 Å². The van der Waals surface area contributed by atoms with Gasteiger partial charge in [0.05, 0.1) is 18.7 Å². The molecular weight excluding hydrogens is 356 g/mol. The molecule has 7 heteroatoms. The first-order valence-electron chi connectivity index (χ1n) is 9.63. The van der Waals surface area contributed by atoms with E-state index in [4.69, 9.17) is 4.52 Å². The van der Waals surface area contributed by atoms with Crippen LogP contribution in [0.1, 0.15) is 28.1 Å². The number of piperazine rings is 1. The Bertz CT molecular complexity index is 847. The molecule has 1 aromatic carbocycles. The summed E-state index contributed by atoms with van der Waals surface area (Å²) in [5.74, 6) is 0.755. The van der Waals surface area contributed by atoms with Crippen molar-refractivity contribution in [3.8, 4) is 0 Å². The van der Waals surface area contributed by atoms with Gasteiger partial charge in [-0.2, -0.15) is 0 Å². The van der Waals surface area contributed by atoms with Crippen LogP contribution in [0.25, 0.3) is 0 Å². The van der Waals surface area contributed by atoms with Crippen LogP contribution < -0.4 is 5.32 Å². The van der Waals surface area contributed by atoms with E-state index >= 15 is 0 Å². The van der Waals surface area contributed by atoms with E-state index in [2.05, 4.69) is 15.4 Å². The lowest BCUT2D eigenvalue weighted by molar-refractivity contribution is -0.132. The summed E-state index contributed by atoms with van der Waals surface area (Å²) in [4.78, 5) is 28.9. The van der Waals surface area contributed by atoms with Gasteiger partial charge >= 0.3 is 0 Å². The molecule has 3 rings (SSSR count). The Balaban J connectivity index is 1.48. The molecule has 2 aromatic rings.